The van der Waals surface area contributed by atoms with E-state index in [4.69, 9.17) is 9.97 Å². The van der Waals surface area contributed by atoms with Gasteiger partial charge in [-0.15, -0.1) is 0 Å². The fourth-order valence-corrected chi connectivity index (χ4v) is 4.10. The van der Waals surface area contributed by atoms with E-state index in [0.29, 0.717) is 37.4 Å². The predicted molar refractivity (Wildman–Crippen MR) is 125 cm³/mol. The zero-order valence-corrected chi connectivity index (χ0v) is 19.2. The second-order valence-electron chi connectivity index (χ2n) is 8.07. The Bertz CT molecular complexity index is 1100. The molecule has 0 spiro atoms. The Labute approximate surface area is 189 Å². The fourth-order valence-electron chi connectivity index (χ4n) is 3.74. The molecule has 2 aromatic carbocycles. The highest BCUT2D eigenvalue weighted by Gasteiger charge is 2.23. The number of aromatic nitrogens is 2. The summed E-state index contributed by atoms with van der Waals surface area (Å²) in [6, 6.07) is 12.7. The number of anilines is 1. The molecule has 0 atom stereocenters. The van der Waals surface area contributed by atoms with Crippen molar-refractivity contribution in [3.63, 3.8) is 0 Å². The van der Waals surface area contributed by atoms with E-state index in [1.165, 1.54) is 6.07 Å². The lowest BCUT2D eigenvalue weighted by atomic mass is 9.91. The fraction of sp³-hybridized carbons (Fsp3) is 0.292. The van der Waals surface area contributed by atoms with Crippen LogP contribution in [0.2, 0.25) is 0 Å². The third kappa shape index (κ3) is 4.69. The van der Waals surface area contributed by atoms with Gasteiger partial charge in [-0.25, -0.2) is 14.4 Å². The average molecular weight is 515 g/mol. The molecular formula is C24H23FIN3O. The molecule has 30 heavy (non-hydrogen) atoms. The van der Waals surface area contributed by atoms with Gasteiger partial charge in [-0.1, -0.05) is 26.0 Å². The molecule has 6 heteroatoms. The monoisotopic (exact) mass is 515 g/mol. The number of aryl methyl sites for hydroxylation is 2. The molecule has 0 saturated heterocycles. The number of hydrogen-bond donors (Lipinski definition) is 1. The van der Waals surface area contributed by atoms with Gasteiger partial charge in [-0.2, -0.15) is 0 Å². The van der Waals surface area contributed by atoms with Crippen LogP contribution in [-0.2, 0) is 30.5 Å². The number of hydrogen-bond acceptors (Lipinski definition) is 3. The molecule has 0 radical (unpaired) electrons. The molecule has 4 rings (SSSR count). The van der Waals surface area contributed by atoms with Crippen LogP contribution < -0.4 is 5.32 Å². The number of fused-ring (bicyclic) bond motifs is 3. The first-order chi connectivity index (χ1) is 14.4. The number of carbonyl (C=O) groups is 1. The summed E-state index contributed by atoms with van der Waals surface area (Å²) in [6.45, 7) is 4.23. The SMILES string of the molecule is CC(C)Cc1nc2c(nc1NC(=O)Cc1ccc(I)cc1)CCc1cc(F)ccc1-2. The maximum Gasteiger partial charge on any atom is 0.229 e. The van der Waals surface area contributed by atoms with Gasteiger partial charge in [0.25, 0.3) is 0 Å². The van der Waals surface area contributed by atoms with Crippen LogP contribution in [-0.4, -0.2) is 15.9 Å². The second-order valence-corrected chi connectivity index (χ2v) is 9.31. The summed E-state index contributed by atoms with van der Waals surface area (Å²) >= 11 is 2.25. The minimum Gasteiger partial charge on any atom is -0.309 e. The van der Waals surface area contributed by atoms with Gasteiger partial charge in [0.1, 0.15) is 5.82 Å². The van der Waals surface area contributed by atoms with Gasteiger partial charge in [-0.3, -0.25) is 4.79 Å². The van der Waals surface area contributed by atoms with Gasteiger partial charge in [-0.05, 0) is 89.2 Å². The number of carbonyl (C=O) groups excluding carboxylic acids is 1. The van der Waals surface area contributed by atoms with Gasteiger partial charge in [0.05, 0.1) is 23.5 Å². The van der Waals surface area contributed by atoms with Crippen LogP contribution in [0.3, 0.4) is 0 Å². The van der Waals surface area contributed by atoms with Crippen molar-refractivity contribution < 1.29 is 9.18 Å². The predicted octanol–water partition coefficient (Wildman–Crippen LogP) is 5.37. The lowest BCUT2D eigenvalue weighted by Crippen LogP contribution is -2.20. The van der Waals surface area contributed by atoms with Crippen LogP contribution in [0.5, 0.6) is 0 Å². The van der Waals surface area contributed by atoms with Gasteiger partial charge in [0, 0.05) is 9.13 Å². The third-order valence-electron chi connectivity index (χ3n) is 5.13. The third-order valence-corrected chi connectivity index (χ3v) is 5.85. The molecule has 0 saturated carbocycles. The Kier molecular flexibility index (Phi) is 6.13. The minimum absolute atomic E-state index is 0.103. The average Bonchev–Trinajstić information content (AvgIpc) is 2.69. The zero-order valence-electron chi connectivity index (χ0n) is 17.0. The molecule has 0 unspecified atom stereocenters. The summed E-state index contributed by atoms with van der Waals surface area (Å²) in [7, 11) is 0. The van der Waals surface area contributed by atoms with Gasteiger partial charge >= 0.3 is 0 Å². The number of nitrogens with one attached hydrogen (secondary N) is 1. The first-order valence-electron chi connectivity index (χ1n) is 10.1. The van der Waals surface area contributed by atoms with Crippen LogP contribution in [0.25, 0.3) is 11.3 Å². The van der Waals surface area contributed by atoms with Gasteiger partial charge in [0.15, 0.2) is 5.82 Å². The van der Waals surface area contributed by atoms with E-state index in [-0.39, 0.29) is 11.7 Å². The van der Waals surface area contributed by atoms with Crippen LogP contribution in [0, 0.1) is 15.3 Å². The van der Waals surface area contributed by atoms with Crippen molar-refractivity contribution in [1.82, 2.24) is 9.97 Å². The van der Waals surface area contributed by atoms with Crippen molar-refractivity contribution in [3.05, 3.63) is 74.4 Å². The Morgan fingerprint density at radius 1 is 1.13 bits per heavy atom. The molecule has 0 aliphatic heterocycles. The quantitative estimate of drug-likeness (QED) is 0.466. The van der Waals surface area contributed by atoms with Crippen molar-refractivity contribution >= 4 is 34.3 Å². The summed E-state index contributed by atoms with van der Waals surface area (Å²) in [5.74, 6) is 0.574. The van der Waals surface area contributed by atoms with Crippen LogP contribution in [0.1, 0.15) is 36.4 Å². The highest BCUT2D eigenvalue weighted by atomic mass is 127. The lowest BCUT2D eigenvalue weighted by molar-refractivity contribution is -0.115. The van der Waals surface area contributed by atoms with E-state index in [0.717, 1.165) is 37.3 Å². The van der Waals surface area contributed by atoms with Crippen molar-refractivity contribution in [2.75, 3.05) is 5.32 Å². The maximum atomic E-state index is 13.6. The van der Waals surface area contributed by atoms with E-state index in [1.807, 2.05) is 24.3 Å². The van der Waals surface area contributed by atoms with Crippen LogP contribution >= 0.6 is 22.6 Å². The molecule has 1 heterocycles. The maximum absolute atomic E-state index is 13.6. The van der Waals surface area contributed by atoms with E-state index in [2.05, 4.69) is 41.8 Å². The first kappa shape index (κ1) is 20.9. The number of halogens is 2. The molecule has 4 nitrogen and oxygen atoms in total. The molecule has 1 N–H and O–H groups in total. The normalized spacial score (nSPS) is 12.4. The van der Waals surface area contributed by atoms with E-state index >= 15 is 0 Å². The molecule has 1 aromatic heterocycles. The summed E-state index contributed by atoms with van der Waals surface area (Å²) in [6.07, 6.45) is 2.39. The Balaban J connectivity index is 1.65. The molecule has 1 aliphatic carbocycles. The topological polar surface area (TPSA) is 54.9 Å². The Morgan fingerprint density at radius 2 is 1.90 bits per heavy atom. The largest absolute Gasteiger partial charge is 0.309 e. The molecule has 1 aliphatic rings. The molecule has 3 aromatic rings. The van der Waals surface area contributed by atoms with Crippen LogP contribution in [0.15, 0.2) is 42.5 Å². The number of nitrogens with zero attached hydrogens (tertiary/aromatic N) is 2. The summed E-state index contributed by atoms with van der Waals surface area (Å²) in [4.78, 5) is 22.4. The highest BCUT2D eigenvalue weighted by molar-refractivity contribution is 14.1. The smallest absolute Gasteiger partial charge is 0.229 e. The molecular weight excluding hydrogens is 492 g/mol. The molecule has 0 fully saturated rings. The Morgan fingerprint density at radius 3 is 2.63 bits per heavy atom. The number of benzene rings is 2. The van der Waals surface area contributed by atoms with E-state index < -0.39 is 0 Å². The lowest BCUT2D eigenvalue weighted by Gasteiger charge is -2.21. The van der Waals surface area contributed by atoms with Crippen molar-refractivity contribution in [2.24, 2.45) is 5.92 Å². The standard InChI is InChI=1S/C24H23FIN3O/c1-14(2)11-21-24(29-22(30)12-15-3-7-18(26)8-4-15)28-20-10-5-16-13-17(25)6-9-19(16)23(20)27-21/h3-4,6-9,13-14H,5,10-12H2,1-2H3,(H,28,29,30). The molecule has 1 amide bonds. The molecule has 154 valence electrons. The number of amides is 1. The van der Waals surface area contributed by atoms with Crippen LogP contribution in [0.4, 0.5) is 10.2 Å². The van der Waals surface area contributed by atoms with E-state index in [9.17, 15) is 9.18 Å². The summed E-state index contributed by atoms with van der Waals surface area (Å²) < 4.78 is 14.8. The van der Waals surface area contributed by atoms with Gasteiger partial charge < -0.3 is 5.32 Å². The zero-order chi connectivity index (χ0) is 21.3. The van der Waals surface area contributed by atoms with Crippen molar-refractivity contribution in [3.8, 4) is 11.3 Å². The first-order valence-corrected chi connectivity index (χ1v) is 11.2. The van der Waals surface area contributed by atoms with E-state index in [1.54, 1.807) is 12.1 Å². The molecule has 0 bridgehead atoms. The summed E-state index contributed by atoms with van der Waals surface area (Å²) in [5, 5.41) is 2.99. The van der Waals surface area contributed by atoms with Crippen molar-refractivity contribution in [2.45, 2.75) is 39.5 Å². The minimum atomic E-state index is -0.230. The Hall–Kier alpha value is -2.35. The second kappa shape index (κ2) is 8.79. The van der Waals surface area contributed by atoms with Crippen molar-refractivity contribution in [1.29, 1.82) is 0 Å². The number of rotatable bonds is 5. The summed E-state index contributed by atoms with van der Waals surface area (Å²) in [5.41, 5.74) is 5.29. The highest BCUT2D eigenvalue weighted by Crippen LogP contribution is 2.33. The van der Waals surface area contributed by atoms with Gasteiger partial charge in [0.2, 0.25) is 5.91 Å².